The van der Waals surface area contributed by atoms with Crippen molar-refractivity contribution in [3.8, 4) is 17.2 Å². The van der Waals surface area contributed by atoms with Crippen LogP contribution in [0.2, 0.25) is 0 Å². The number of carbonyl (C=O) groups excluding carboxylic acids is 6. The molecule has 0 spiro atoms. The van der Waals surface area contributed by atoms with E-state index in [0.717, 1.165) is 0 Å². The van der Waals surface area contributed by atoms with Crippen LogP contribution in [0.4, 0.5) is 36.2 Å². The average Bonchev–Trinajstić information content (AvgIpc) is 0.925. The van der Waals surface area contributed by atoms with Gasteiger partial charge in [-0.1, -0.05) is 95.8 Å². The van der Waals surface area contributed by atoms with E-state index in [2.05, 4.69) is 10.1 Å². The van der Waals surface area contributed by atoms with Crippen LogP contribution in [0.3, 0.4) is 0 Å². The minimum absolute atomic E-state index is 0. The number of rotatable bonds is 22. The number of ether oxygens (including phenoxy) is 9. The van der Waals surface area contributed by atoms with E-state index in [1.54, 1.807) is 97.9 Å². The number of carboxylic acid groups (broad SMARTS) is 1. The summed E-state index contributed by atoms with van der Waals surface area (Å²) in [5.41, 5.74) is 4.91. The van der Waals surface area contributed by atoms with Gasteiger partial charge in [-0.25, -0.2) is 33.6 Å². The summed E-state index contributed by atoms with van der Waals surface area (Å²) in [6.45, 7) is 6.52. The summed E-state index contributed by atoms with van der Waals surface area (Å²) in [4.78, 5) is 108. The van der Waals surface area contributed by atoms with Gasteiger partial charge >= 0.3 is 139 Å². The first-order valence-electron chi connectivity index (χ1n) is 26.2. The number of alkyl halides is 2. The number of benzene rings is 6. The summed E-state index contributed by atoms with van der Waals surface area (Å²) in [7, 11) is 0. The number of aromatic carboxylic acids is 1. The molecule has 6 rings (SSSR count). The minimum Gasteiger partial charge on any atom is -1.00 e. The third kappa shape index (κ3) is 54.5. The Balaban J connectivity index is -0.000000212. The molecule has 1 amide bonds. The van der Waals surface area contributed by atoms with Crippen LogP contribution in [0.25, 0.3) is 0 Å². The zero-order valence-corrected chi connectivity index (χ0v) is 66.7. The monoisotopic (exact) mass is 1750 g/mol. The molecule has 0 aromatic heterocycles. The van der Waals surface area contributed by atoms with E-state index >= 15 is 0 Å². The number of nitrogens with two attached hydrogens (primary N) is 1. The van der Waals surface area contributed by atoms with E-state index in [9.17, 15) is 81.4 Å². The van der Waals surface area contributed by atoms with Crippen molar-refractivity contribution in [2.45, 2.75) is 70.2 Å². The largest absolute Gasteiger partial charge is 2.00 e. The fourth-order valence-corrected chi connectivity index (χ4v) is 6.72. The van der Waals surface area contributed by atoms with Crippen LogP contribution in [0.1, 0.15) is 79.0 Å². The number of esters is 2. The molecule has 0 fully saturated rings. The van der Waals surface area contributed by atoms with Gasteiger partial charge in [0.25, 0.3) is 17.1 Å². The van der Waals surface area contributed by atoms with E-state index in [1.807, 2.05) is 22.6 Å². The first-order valence-corrected chi connectivity index (χ1v) is 30.4. The first kappa shape index (κ1) is 108. The van der Waals surface area contributed by atoms with Crippen LogP contribution in [-0.2, 0) is 73.0 Å². The van der Waals surface area contributed by atoms with E-state index < -0.39 is 97.5 Å². The van der Waals surface area contributed by atoms with Crippen LogP contribution >= 0.6 is 34.2 Å². The molecular weight excluding hydrogens is 1690 g/mol. The van der Waals surface area contributed by atoms with Crippen molar-refractivity contribution in [1.29, 1.82) is 0 Å². The molecule has 0 heterocycles. The van der Waals surface area contributed by atoms with Gasteiger partial charge in [0, 0.05) is 90.7 Å². The zero-order valence-electron chi connectivity index (χ0n) is 53.0. The summed E-state index contributed by atoms with van der Waals surface area (Å²) in [5.74, 6) is -1.57. The number of carbonyl (C=O) groups is 7. The van der Waals surface area contributed by atoms with Crippen LogP contribution in [0.15, 0.2) is 164 Å². The molecule has 537 valence electrons. The quantitative estimate of drug-likeness (QED) is 0.00624. The van der Waals surface area contributed by atoms with Crippen LogP contribution in [0, 0.1) is 30.3 Å². The minimum atomic E-state index is -2.13. The number of nitrogens with one attached hydrogen (secondary N) is 1. The van der Waals surface area contributed by atoms with Gasteiger partial charge in [0.1, 0.15) is 17.2 Å². The van der Waals surface area contributed by atoms with Crippen molar-refractivity contribution in [2.24, 2.45) is 5.73 Å². The third-order valence-electron chi connectivity index (χ3n) is 9.66. The molecule has 42 heteroatoms. The topological polar surface area (TPSA) is 471 Å². The predicted molar refractivity (Wildman–Crippen MR) is 348 cm³/mol. The fourth-order valence-electron chi connectivity index (χ4n) is 5.66. The second kappa shape index (κ2) is 63.5. The normalized spacial score (nSPS) is 10.9. The van der Waals surface area contributed by atoms with Crippen LogP contribution in [0.5, 0.6) is 17.2 Å². The number of amides is 1. The summed E-state index contributed by atoms with van der Waals surface area (Å²) in [6.07, 6.45) is -5.04. The number of halogens is 4. The van der Waals surface area contributed by atoms with Gasteiger partial charge in [-0.2, -0.15) is 0 Å². The molecule has 6 aromatic carbocycles. The van der Waals surface area contributed by atoms with Crippen molar-refractivity contribution < 1.29 is 220 Å². The van der Waals surface area contributed by atoms with E-state index in [1.165, 1.54) is 93.6 Å². The SMILES string of the molecule is C.CC(Cl)OC(=O)Oc1ccc([N+](=O)[O-])cc1.CC(I)OC(=O)Oc1ccc([N+](=O)[O-])cc1.CC(OC(=O)NCCCS(=O)[O-])OC(=O)c1ccccc1.CC(OC(=O)Oc1ccc([N+](=O)[O-])cc1)OC(=O)c1ccccc1.NCCCS(=O)[O-].O=C(O)c1ccccc1.[Ag].[Ca+2].[Cl-].[Cl-].[Na+].[Na+]. The second-order valence-corrected chi connectivity index (χ2v) is 21.3. The number of alkyl carbamates (subject to hydrolysis) is 1. The maximum Gasteiger partial charge on any atom is 2.00 e. The molecular formula is C58H63AgCaCl3IN5Na2O27S2. The molecule has 0 bridgehead atoms. The Hall–Kier alpha value is -5.21. The average molecular weight is 1750 g/mol. The van der Waals surface area contributed by atoms with Crippen molar-refractivity contribution in [1.82, 2.24) is 5.32 Å². The van der Waals surface area contributed by atoms with Crippen molar-refractivity contribution >= 4 is 154 Å². The molecule has 0 saturated heterocycles. The van der Waals surface area contributed by atoms with Gasteiger partial charge in [0.05, 0.1) is 31.5 Å². The van der Waals surface area contributed by atoms with Gasteiger partial charge in [0.2, 0.25) is 12.6 Å². The predicted octanol–water partition coefficient (Wildman–Crippen LogP) is -1.05. The van der Waals surface area contributed by atoms with Gasteiger partial charge in [-0.05, 0) is 129 Å². The molecule has 0 saturated carbocycles. The van der Waals surface area contributed by atoms with Crippen LogP contribution < -0.4 is 109 Å². The Kier molecular flexibility index (Phi) is 68.7. The third-order valence-corrected chi connectivity index (χ3v) is 11.2. The Bertz CT molecular complexity index is 3310. The number of hydrogen-bond donors (Lipinski definition) is 3. The Morgan fingerprint density at radius 3 is 1.09 bits per heavy atom. The molecule has 0 aliphatic carbocycles. The van der Waals surface area contributed by atoms with E-state index in [-0.39, 0.29) is 214 Å². The summed E-state index contributed by atoms with van der Waals surface area (Å²) in [5, 5.41) is 42.0. The van der Waals surface area contributed by atoms with Gasteiger partial charge < -0.3 is 92.7 Å². The van der Waals surface area contributed by atoms with E-state index in [4.69, 9.17) is 60.3 Å². The number of non-ortho nitro benzene ring substituents is 3. The Morgan fingerprint density at radius 2 is 0.820 bits per heavy atom. The van der Waals surface area contributed by atoms with Crippen molar-refractivity contribution in [3.63, 3.8) is 0 Å². The number of hydrogen-bond acceptors (Lipinski definition) is 27. The molecule has 1 radical (unpaired) electrons. The molecule has 0 aliphatic rings. The molecule has 32 nitrogen and oxygen atoms in total. The zero-order chi connectivity index (χ0) is 69.8. The van der Waals surface area contributed by atoms with Gasteiger partial charge in [-0.15, -0.1) is 0 Å². The first-order chi connectivity index (χ1) is 44.0. The van der Waals surface area contributed by atoms with Crippen LogP contribution in [-0.4, -0.2) is 164 Å². The summed E-state index contributed by atoms with van der Waals surface area (Å²) < 4.78 is 82.6. The number of nitro benzene ring substituents is 3. The smallest absolute Gasteiger partial charge is 1.00 e. The Morgan fingerprint density at radius 1 is 0.520 bits per heavy atom. The standard InChI is InChI=1S/C16H13NO7.C13H17NO6S.C9H8ClNO5.C9H8INO5.C7H6O2.C3H9NO2S.CH4.Ag.Ca.2ClH.2Na/c1-11(22-15(18)12-5-3-2-4-6-12)23-16(19)24-14-9-7-13(8-10-14)17(20)21;1-10(19-12(15)11-6-3-2-4-7-11)20-13(16)14-8-5-9-21(17)18;2*1-6(10)15-9(12)16-8-4-2-7(3-5-8)11(13)14;8-7(9)6-4-2-1-3-5-6;4-2-1-3-7(5)6;;;;;;;/h2-11H,1H3;2-4,6-7,10H,5,8-9H2,1H3,(H,14,16)(H,17,18);2*2-6H,1H3;1-5H,(H,8,9);1-4H2,(H,5,6);1H4;;;2*1H;;/q;;;;;;;;+2;;;2*+1/p-4. The molecule has 100 heavy (non-hydrogen) atoms. The maximum atomic E-state index is 11.8. The molecule has 6 unspecified atom stereocenters. The summed E-state index contributed by atoms with van der Waals surface area (Å²) in [6, 6.07) is 39.8. The molecule has 6 atom stereocenters. The molecule has 6 aromatic rings. The second-order valence-electron chi connectivity index (χ2n) is 16.9. The number of nitrogens with zero attached hydrogens (tertiary/aromatic N) is 3. The molecule has 4 N–H and O–H groups in total. The number of nitro groups is 3. The number of carboxylic acids is 1. The van der Waals surface area contributed by atoms with Crippen molar-refractivity contribution in [2.75, 3.05) is 24.6 Å². The van der Waals surface area contributed by atoms with Gasteiger partial charge in [0.15, 0.2) is 9.67 Å². The fraction of sp³-hybridized carbons (Fsp3) is 0.259. The Labute approximate surface area is 699 Å². The van der Waals surface area contributed by atoms with Gasteiger partial charge in [-0.3, -0.25) is 38.8 Å². The summed E-state index contributed by atoms with van der Waals surface area (Å²) >= 11 is 3.27. The maximum absolute atomic E-state index is 11.8. The van der Waals surface area contributed by atoms with E-state index in [0.29, 0.717) is 29.7 Å². The molecule has 0 aliphatic heterocycles. The van der Waals surface area contributed by atoms with Crippen molar-refractivity contribution in [3.05, 3.63) is 211 Å².